The number of pyridine rings is 1. The van der Waals surface area contributed by atoms with Crippen molar-refractivity contribution in [3.8, 4) is 0 Å². The summed E-state index contributed by atoms with van der Waals surface area (Å²) in [4.78, 5) is 6.96. The lowest BCUT2D eigenvalue weighted by Crippen LogP contribution is -2.35. The molecule has 1 saturated carbocycles. The molecular weight excluding hydrogens is 303 g/mol. The largest absolute Gasteiger partial charge is 0.357 e. The van der Waals surface area contributed by atoms with Crippen LogP contribution in [0.1, 0.15) is 51.4 Å². The number of aromatic nitrogens is 1. The van der Waals surface area contributed by atoms with Gasteiger partial charge in [0.05, 0.1) is 0 Å². The van der Waals surface area contributed by atoms with Crippen molar-refractivity contribution in [2.45, 2.75) is 51.4 Å². The smallest absolute Gasteiger partial charge is 0.128 e. The summed E-state index contributed by atoms with van der Waals surface area (Å²) in [5, 5.41) is 0.883. The summed E-state index contributed by atoms with van der Waals surface area (Å²) in [6, 6.07) is 4.05. The molecule has 1 aromatic rings. The van der Waals surface area contributed by atoms with E-state index in [0.29, 0.717) is 0 Å². The molecule has 1 aliphatic heterocycles. The van der Waals surface area contributed by atoms with Crippen LogP contribution in [0.4, 0.5) is 5.82 Å². The number of piperidine rings is 1. The number of nitrogens with zero attached hydrogens (tertiary/aromatic N) is 2. The van der Waals surface area contributed by atoms with Crippen LogP contribution in [0.3, 0.4) is 0 Å². The third-order valence-electron chi connectivity index (χ3n) is 5.68. The first-order chi connectivity index (χ1) is 11.0. The molecule has 0 spiro atoms. The van der Waals surface area contributed by atoms with E-state index in [4.69, 9.17) is 0 Å². The second kappa shape index (κ2) is 7.38. The molecule has 23 heavy (non-hydrogen) atoms. The van der Waals surface area contributed by atoms with Crippen molar-refractivity contribution >= 4 is 18.3 Å². The van der Waals surface area contributed by atoms with Crippen molar-refractivity contribution in [3.63, 3.8) is 0 Å². The van der Waals surface area contributed by atoms with Crippen molar-refractivity contribution in [2.24, 2.45) is 11.8 Å². The Morgan fingerprint density at radius 2 is 1.70 bits per heavy atom. The normalized spacial score (nSPS) is 21.6. The van der Waals surface area contributed by atoms with Crippen LogP contribution >= 0.6 is 7.14 Å². The van der Waals surface area contributed by atoms with Crippen molar-refractivity contribution in [1.82, 2.24) is 4.98 Å². The lowest BCUT2D eigenvalue weighted by Gasteiger charge is -2.35. The minimum Gasteiger partial charge on any atom is -0.357 e. The van der Waals surface area contributed by atoms with E-state index >= 15 is 0 Å². The van der Waals surface area contributed by atoms with Crippen LogP contribution in [0.15, 0.2) is 18.3 Å². The maximum atomic E-state index is 12.1. The number of rotatable bonds is 4. The van der Waals surface area contributed by atoms with Crippen molar-refractivity contribution in [1.29, 1.82) is 0 Å². The average Bonchev–Trinajstić information content (AvgIpc) is 2.56. The molecule has 0 radical (unpaired) electrons. The zero-order valence-corrected chi connectivity index (χ0v) is 15.6. The molecule has 3 rings (SSSR count). The first-order valence-electron chi connectivity index (χ1n) is 9.29. The molecule has 4 heteroatoms. The average molecular weight is 334 g/mol. The van der Waals surface area contributed by atoms with Gasteiger partial charge in [0.25, 0.3) is 0 Å². The van der Waals surface area contributed by atoms with Gasteiger partial charge in [-0.15, -0.1) is 0 Å². The van der Waals surface area contributed by atoms with Gasteiger partial charge in [-0.2, -0.15) is 0 Å². The minimum atomic E-state index is -2.19. The second-order valence-electron chi connectivity index (χ2n) is 7.90. The molecule has 3 nitrogen and oxygen atoms in total. The minimum absolute atomic E-state index is 0.883. The highest BCUT2D eigenvalue weighted by Crippen LogP contribution is 2.35. The van der Waals surface area contributed by atoms with Crippen molar-refractivity contribution in [3.05, 3.63) is 18.3 Å². The van der Waals surface area contributed by atoms with E-state index in [-0.39, 0.29) is 0 Å². The molecule has 1 saturated heterocycles. The summed E-state index contributed by atoms with van der Waals surface area (Å²) in [5.41, 5.74) is 0. The van der Waals surface area contributed by atoms with E-state index in [1.165, 1.54) is 51.4 Å². The Morgan fingerprint density at radius 3 is 2.26 bits per heavy atom. The molecule has 128 valence electrons. The SMILES string of the molecule is CP(C)(=O)c1ccc(N2CCC(CC3CCCCC3)CC2)nc1. The van der Waals surface area contributed by atoms with E-state index in [9.17, 15) is 4.57 Å². The second-order valence-corrected chi connectivity index (χ2v) is 11.1. The van der Waals surface area contributed by atoms with Gasteiger partial charge >= 0.3 is 0 Å². The van der Waals surface area contributed by atoms with Crippen LogP contribution in [0.5, 0.6) is 0 Å². The summed E-state index contributed by atoms with van der Waals surface area (Å²) in [6.45, 7) is 5.86. The third kappa shape index (κ3) is 4.59. The zero-order chi connectivity index (χ0) is 16.3. The molecule has 0 amide bonds. The molecule has 2 fully saturated rings. The molecule has 0 unspecified atom stereocenters. The first kappa shape index (κ1) is 17.0. The van der Waals surface area contributed by atoms with Gasteiger partial charge in [0, 0.05) is 24.6 Å². The van der Waals surface area contributed by atoms with Crippen LogP contribution in [0.2, 0.25) is 0 Å². The Bertz CT molecular complexity index is 537. The molecule has 1 aromatic heterocycles. The van der Waals surface area contributed by atoms with E-state index in [0.717, 1.165) is 36.0 Å². The van der Waals surface area contributed by atoms with Crippen LogP contribution in [0, 0.1) is 11.8 Å². The van der Waals surface area contributed by atoms with Gasteiger partial charge in [-0.3, -0.25) is 0 Å². The van der Waals surface area contributed by atoms with Crippen molar-refractivity contribution < 1.29 is 4.57 Å². The summed E-state index contributed by atoms with van der Waals surface area (Å²) in [5.74, 6) is 2.97. The summed E-state index contributed by atoms with van der Waals surface area (Å²) in [7, 11) is -2.19. The van der Waals surface area contributed by atoms with Crippen LogP contribution in [0.25, 0.3) is 0 Å². The lowest BCUT2D eigenvalue weighted by atomic mass is 9.80. The quantitative estimate of drug-likeness (QED) is 0.759. The first-order valence-corrected chi connectivity index (χ1v) is 11.9. The molecule has 0 atom stereocenters. The van der Waals surface area contributed by atoms with E-state index in [1.54, 1.807) is 13.3 Å². The fourth-order valence-corrected chi connectivity index (χ4v) is 4.95. The Kier molecular flexibility index (Phi) is 5.46. The Hall–Kier alpha value is -0.820. The van der Waals surface area contributed by atoms with Crippen LogP contribution in [-0.4, -0.2) is 31.4 Å². The van der Waals surface area contributed by atoms with Gasteiger partial charge in [-0.05, 0) is 56.6 Å². The van der Waals surface area contributed by atoms with E-state index < -0.39 is 7.14 Å². The summed E-state index contributed by atoms with van der Waals surface area (Å²) >= 11 is 0. The zero-order valence-electron chi connectivity index (χ0n) is 14.7. The third-order valence-corrected chi connectivity index (χ3v) is 7.19. The van der Waals surface area contributed by atoms with E-state index in [1.807, 2.05) is 12.3 Å². The van der Waals surface area contributed by atoms with Gasteiger partial charge in [0.2, 0.25) is 0 Å². The topological polar surface area (TPSA) is 33.2 Å². The predicted molar refractivity (Wildman–Crippen MR) is 99.5 cm³/mol. The highest BCUT2D eigenvalue weighted by atomic mass is 31.2. The lowest BCUT2D eigenvalue weighted by molar-refractivity contribution is 0.260. The molecule has 2 heterocycles. The fraction of sp³-hybridized carbons (Fsp3) is 0.737. The molecular formula is C19H31N2OP. The summed E-state index contributed by atoms with van der Waals surface area (Å²) in [6.07, 6.45) is 13.2. The van der Waals surface area contributed by atoms with Gasteiger partial charge < -0.3 is 9.46 Å². The molecule has 0 aromatic carbocycles. The van der Waals surface area contributed by atoms with Crippen molar-refractivity contribution in [2.75, 3.05) is 31.3 Å². The Labute approximate surface area is 141 Å². The number of hydrogen-bond donors (Lipinski definition) is 0. The van der Waals surface area contributed by atoms with E-state index in [2.05, 4.69) is 16.0 Å². The molecule has 0 N–H and O–H groups in total. The Balaban J connectivity index is 1.51. The molecule has 2 aliphatic rings. The number of anilines is 1. The molecule has 1 aliphatic carbocycles. The Morgan fingerprint density at radius 1 is 1.04 bits per heavy atom. The number of hydrogen-bond acceptors (Lipinski definition) is 3. The van der Waals surface area contributed by atoms with Gasteiger partial charge in [-0.1, -0.05) is 32.1 Å². The maximum absolute atomic E-state index is 12.1. The van der Waals surface area contributed by atoms with Gasteiger partial charge in [0.15, 0.2) is 0 Å². The summed E-state index contributed by atoms with van der Waals surface area (Å²) < 4.78 is 12.1. The maximum Gasteiger partial charge on any atom is 0.128 e. The van der Waals surface area contributed by atoms with Gasteiger partial charge in [0.1, 0.15) is 13.0 Å². The van der Waals surface area contributed by atoms with Crippen LogP contribution in [-0.2, 0) is 4.57 Å². The highest BCUT2D eigenvalue weighted by Gasteiger charge is 2.24. The standard InChI is InChI=1S/C19H31N2OP/c1-23(2,22)18-8-9-19(20-15-18)21-12-10-17(11-13-21)14-16-6-4-3-5-7-16/h8-9,15-17H,3-7,10-14H2,1-2H3. The highest BCUT2D eigenvalue weighted by molar-refractivity contribution is 7.70. The monoisotopic (exact) mass is 334 g/mol. The van der Waals surface area contributed by atoms with Gasteiger partial charge in [-0.25, -0.2) is 4.98 Å². The van der Waals surface area contributed by atoms with Crippen LogP contribution < -0.4 is 10.2 Å². The molecule has 0 bridgehead atoms. The predicted octanol–water partition coefficient (Wildman–Crippen LogP) is 4.52. The fourth-order valence-electron chi connectivity index (χ4n) is 4.18.